The molecule has 0 bridgehead atoms. The minimum absolute atomic E-state index is 0.829. The highest BCUT2D eigenvalue weighted by Gasteiger charge is 2.20. The standard InChI is InChI=1S/C15H16N2/c1-11-6-7-13(16)10-15(11)17-9-8-12-4-2-3-5-14(12)17/h2-7,10H,8-9,16H2,1H3. The van der Waals surface area contributed by atoms with Crippen molar-refractivity contribution < 1.29 is 0 Å². The Hall–Kier alpha value is -1.96. The first-order valence-electron chi connectivity index (χ1n) is 5.97. The molecule has 0 amide bonds. The van der Waals surface area contributed by atoms with Crippen molar-refractivity contribution in [2.45, 2.75) is 13.3 Å². The first-order valence-corrected chi connectivity index (χ1v) is 5.97. The Balaban J connectivity index is 2.10. The molecule has 2 aromatic rings. The lowest BCUT2D eigenvalue weighted by Crippen LogP contribution is -2.14. The van der Waals surface area contributed by atoms with E-state index < -0.39 is 0 Å². The molecule has 0 spiro atoms. The molecular formula is C15H16N2. The van der Waals surface area contributed by atoms with Crippen LogP contribution < -0.4 is 10.6 Å². The van der Waals surface area contributed by atoms with Crippen LogP contribution in [0.5, 0.6) is 0 Å². The summed E-state index contributed by atoms with van der Waals surface area (Å²) in [5.74, 6) is 0. The van der Waals surface area contributed by atoms with Crippen LogP contribution in [0.4, 0.5) is 17.1 Å². The number of hydrogen-bond donors (Lipinski definition) is 1. The average molecular weight is 224 g/mol. The molecule has 0 fully saturated rings. The van der Waals surface area contributed by atoms with Crippen LogP contribution in [0, 0.1) is 6.92 Å². The van der Waals surface area contributed by atoms with E-state index in [0.29, 0.717) is 0 Å². The van der Waals surface area contributed by atoms with E-state index >= 15 is 0 Å². The topological polar surface area (TPSA) is 29.3 Å². The van der Waals surface area contributed by atoms with Crippen molar-refractivity contribution in [3.63, 3.8) is 0 Å². The number of hydrogen-bond acceptors (Lipinski definition) is 2. The molecule has 2 nitrogen and oxygen atoms in total. The third-order valence-corrected chi connectivity index (χ3v) is 3.41. The van der Waals surface area contributed by atoms with E-state index in [-0.39, 0.29) is 0 Å². The Labute approximate surface area is 102 Å². The Morgan fingerprint density at radius 3 is 2.76 bits per heavy atom. The van der Waals surface area contributed by atoms with E-state index in [1.807, 2.05) is 6.07 Å². The molecule has 0 unspecified atom stereocenters. The van der Waals surface area contributed by atoms with Crippen molar-refractivity contribution >= 4 is 17.1 Å². The second-order valence-electron chi connectivity index (χ2n) is 4.58. The van der Waals surface area contributed by atoms with Crippen LogP contribution in [0.2, 0.25) is 0 Å². The van der Waals surface area contributed by atoms with E-state index in [2.05, 4.69) is 48.2 Å². The van der Waals surface area contributed by atoms with Gasteiger partial charge in [0.05, 0.1) is 0 Å². The number of rotatable bonds is 1. The van der Waals surface area contributed by atoms with Gasteiger partial charge in [-0.3, -0.25) is 0 Å². The zero-order chi connectivity index (χ0) is 11.8. The summed E-state index contributed by atoms with van der Waals surface area (Å²) in [7, 11) is 0. The van der Waals surface area contributed by atoms with Gasteiger partial charge in [0.25, 0.3) is 0 Å². The molecular weight excluding hydrogens is 208 g/mol. The van der Waals surface area contributed by atoms with E-state index in [0.717, 1.165) is 18.7 Å². The summed E-state index contributed by atoms with van der Waals surface area (Å²) in [5, 5.41) is 0. The maximum Gasteiger partial charge on any atom is 0.0461 e. The Morgan fingerprint density at radius 1 is 1.06 bits per heavy atom. The van der Waals surface area contributed by atoms with Crippen LogP contribution in [0.1, 0.15) is 11.1 Å². The van der Waals surface area contributed by atoms with Crippen LogP contribution in [0.15, 0.2) is 42.5 Å². The van der Waals surface area contributed by atoms with Gasteiger partial charge in [-0.25, -0.2) is 0 Å². The first kappa shape index (κ1) is 10.2. The molecule has 1 heterocycles. The number of nitrogens with two attached hydrogens (primary N) is 1. The lowest BCUT2D eigenvalue weighted by Gasteiger charge is -2.22. The number of aryl methyl sites for hydroxylation is 1. The van der Waals surface area contributed by atoms with E-state index in [1.165, 1.54) is 22.5 Å². The number of para-hydroxylation sites is 1. The third-order valence-electron chi connectivity index (χ3n) is 3.41. The van der Waals surface area contributed by atoms with Crippen LogP contribution in [0.25, 0.3) is 0 Å². The number of fused-ring (bicyclic) bond motifs is 1. The first-order chi connectivity index (χ1) is 8.25. The molecule has 1 aliphatic rings. The van der Waals surface area contributed by atoms with Gasteiger partial charge in [-0.2, -0.15) is 0 Å². The van der Waals surface area contributed by atoms with Gasteiger partial charge >= 0.3 is 0 Å². The molecule has 2 N–H and O–H groups in total. The van der Waals surface area contributed by atoms with Gasteiger partial charge in [0.1, 0.15) is 0 Å². The summed E-state index contributed by atoms with van der Waals surface area (Å²) in [6.45, 7) is 3.18. The van der Waals surface area contributed by atoms with Gasteiger partial charge in [-0.1, -0.05) is 24.3 Å². The summed E-state index contributed by atoms with van der Waals surface area (Å²) >= 11 is 0. The number of benzene rings is 2. The predicted octanol–water partition coefficient (Wildman–Crippen LogP) is 3.27. The van der Waals surface area contributed by atoms with Crippen LogP contribution in [-0.4, -0.2) is 6.54 Å². The SMILES string of the molecule is Cc1ccc(N)cc1N1CCc2ccccc21. The lowest BCUT2D eigenvalue weighted by molar-refractivity contribution is 0.993. The fourth-order valence-electron chi connectivity index (χ4n) is 2.51. The second-order valence-corrected chi connectivity index (χ2v) is 4.58. The number of anilines is 3. The van der Waals surface area contributed by atoms with Crippen molar-refractivity contribution in [2.75, 3.05) is 17.2 Å². The van der Waals surface area contributed by atoms with Gasteiger partial charge < -0.3 is 10.6 Å². The number of nitrogens with zero attached hydrogens (tertiary/aromatic N) is 1. The van der Waals surface area contributed by atoms with E-state index in [1.54, 1.807) is 0 Å². The van der Waals surface area contributed by atoms with Gasteiger partial charge in [0, 0.05) is 23.6 Å². The van der Waals surface area contributed by atoms with E-state index in [9.17, 15) is 0 Å². The minimum Gasteiger partial charge on any atom is -0.399 e. The fraction of sp³-hybridized carbons (Fsp3) is 0.200. The average Bonchev–Trinajstić information content (AvgIpc) is 2.76. The quantitative estimate of drug-likeness (QED) is 0.753. The minimum atomic E-state index is 0.829. The maximum atomic E-state index is 5.89. The fourth-order valence-corrected chi connectivity index (χ4v) is 2.51. The van der Waals surface area contributed by atoms with Gasteiger partial charge in [-0.15, -0.1) is 0 Å². The normalized spacial score (nSPS) is 13.8. The molecule has 3 rings (SSSR count). The van der Waals surface area contributed by atoms with Crippen molar-refractivity contribution in [3.05, 3.63) is 53.6 Å². The van der Waals surface area contributed by atoms with Crippen LogP contribution in [0.3, 0.4) is 0 Å². The molecule has 86 valence electrons. The molecule has 2 heteroatoms. The van der Waals surface area contributed by atoms with Crippen molar-refractivity contribution in [3.8, 4) is 0 Å². The largest absolute Gasteiger partial charge is 0.399 e. The highest BCUT2D eigenvalue weighted by atomic mass is 15.2. The molecule has 0 saturated carbocycles. The van der Waals surface area contributed by atoms with Crippen LogP contribution in [-0.2, 0) is 6.42 Å². The van der Waals surface area contributed by atoms with Crippen molar-refractivity contribution in [2.24, 2.45) is 0 Å². The Kier molecular flexibility index (Phi) is 2.29. The molecule has 0 radical (unpaired) electrons. The monoisotopic (exact) mass is 224 g/mol. The zero-order valence-corrected chi connectivity index (χ0v) is 9.98. The molecule has 0 saturated heterocycles. The molecule has 2 aromatic carbocycles. The lowest BCUT2D eigenvalue weighted by atomic mass is 10.1. The summed E-state index contributed by atoms with van der Waals surface area (Å²) in [4.78, 5) is 2.36. The smallest absolute Gasteiger partial charge is 0.0461 e. The summed E-state index contributed by atoms with van der Waals surface area (Å²) < 4.78 is 0. The summed E-state index contributed by atoms with van der Waals surface area (Å²) in [6.07, 6.45) is 1.12. The molecule has 1 aliphatic heterocycles. The van der Waals surface area contributed by atoms with Gasteiger partial charge in [-0.05, 0) is 42.7 Å². The molecule has 0 aliphatic carbocycles. The summed E-state index contributed by atoms with van der Waals surface area (Å²) in [6, 6.07) is 14.7. The third kappa shape index (κ3) is 1.66. The van der Waals surface area contributed by atoms with Gasteiger partial charge in [0.2, 0.25) is 0 Å². The highest BCUT2D eigenvalue weighted by molar-refractivity contribution is 5.74. The molecule has 17 heavy (non-hydrogen) atoms. The van der Waals surface area contributed by atoms with Crippen LogP contribution >= 0.6 is 0 Å². The predicted molar refractivity (Wildman–Crippen MR) is 72.7 cm³/mol. The zero-order valence-electron chi connectivity index (χ0n) is 9.98. The molecule has 0 aromatic heterocycles. The van der Waals surface area contributed by atoms with Crippen molar-refractivity contribution in [1.82, 2.24) is 0 Å². The van der Waals surface area contributed by atoms with E-state index in [4.69, 9.17) is 5.73 Å². The highest BCUT2D eigenvalue weighted by Crippen LogP contribution is 2.36. The Morgan fingerprint density at radius 2 is 1.88 bits per heavy atom. The maximum absolute atomic E-state index is 5.89. The Bertz CT molecular complexity index is 561. The summed E-state index contributed by atoms with van der Waals surface area (Å²) in [5.41, 5.74) is 12.0. The molecule has 0 atom stereocenters. The second kappa shape index (κ2) is 3.81. The number of nitrogen functional groups attached to an aromatic ring is 1. The van der Waals surface area contributed by atoms with Gasteiger partial charge in [0.15, 0.2) is 0 Å². The van der Waals surface area contributed by atoms with Crippen molar-refractivity contribution in [1.29, 1.82) is 0 Å².